The van der Waals surface area contributed by atoms with Gasteiger partial charge in [-0.3, -0.25) is 28.8 Å². The number of nitrogens with two attached hydrogens (primary N) is 2. The number of rotatable bonds is 12. The maximum atomic E-state index is 12.3. The minimum Gasteiger partial charge on any atom is -0.481 e. The summed E-state index contributed by atoms with van der Waals surface area (Å²) >= 11 is 0. The van der Waals surface area contributed by atoms with Crippen LogP contribution in [0.4, 0.5) is 0 Å². The molecule has 0 radical (unpaired) electrons. The van der Waals surface area contributed by atoms with Crippen LogP contribution >= 0.6 is 0 Å². The van der Waals surface area contributed by atoms with Crippen molar-refractivity contribution in [2.45, 2.75) is 44.0 Å². The number of carboxylic acids is 2. The van der Waals surface area contributed by atoms with E-state index in [1.165, 1.54) is 0 Å². The van der Waals surface area contributed by atoms with Crippen LogP contribution in [0, 0.1) is 0 Å². The first kappa shape index (κ1) is 24.7. The lowest BCUT2D eigenvalue weighted by molar-refractivity contribution is -0.140. The van der Waals surface area contributed by atoms with E-state index in [2.05, 4.69) is 5.32 Å². The Kier molecular flexibility index (Phi) is 10.1. The number of amides is 4. The molecule has 4 unspecified atom stereocenters. The first-order valence-corrected chi connectivity index (χ1v) is 7.89. The van der Waals surface area contributed by atoms with Crippen LogP contribution in [0.15, 0.2) is 0 Å². The van der Waals surface area contributed by atoms with E-state index in [0.717, 1.165) is 6.92 Å². The molecule has 0 aromatic heterocycles. The second-order valence-electron chi connectivity index (χ2n) is 5.77. The Morgan fingerprint density at radius 1 is 0.893 bits per heavy atom. The maximum absolute atomic E-state index is 12.3. The Balaban J connectivity index is 5.22. The first-order chi connectivity index (χ1) is 12.8. The monoisotopic (exact) mass is 405 g/mol. The third-order valence-electron chi connectivity index (χ3n) is 3.25. The second-order valence-corrected chi connectivity index (χ2v) is 5.77. The molecule has 4 atom stereocenters. The molecule has 0 aliphatic rings. The van der Waals surface area contributed by atoms with Gasteiger partial charge in [0.2, 0.25) is 23.6 Å². The van der Waals surface area contributed by atoms with Crippen LogP contribution in [-0.2, 0) is 28.8 Å². The lowest BCUT2D eigenvalue weighted by Gasteiger charge is -2.24. The van der Waals surface area contributed by atoms with Gasteiger partial charge in [-0.2, -0.15) is 0 Å². The number of carbonyl (C=O) groups excluding carboxylic acids is 4. The molecule has 0 spiro atoms. The number of aliphatic carboxylic acids is 2. The van der Waals surface area contributed by atoms with Gasteiger partial charge >= 0.3 is 11.9 Å². The van der Waals surface area contributed by atoms with E-state index in [4.69, 9.17) is 21.7 Å². The van der Waals surface area contributed by atoms with Gasteiger partial charge in [0.05, 0.1) is 25.0 Å². The van der Waals surface area contributed by atoms with Crippen molar-refractivity contribution in [3.8, 4) is 0 Å². The summed E-state index contributed by atoms with van der Waals surface area (Å²) in [6, 6.07) is -4.74. The molecular formula is C14H23N5O9. The average molecular weight is 405 g/mol. The molecule has 0 aromatic rings. The largest absolute Gasteiger partial charge is 0.481 e. The molecule has 158 valence electrons. The van der Waals surface area contributed by atoms with E-state index in [1.54, 1.807) is 0 Å². The summed E-state index contributed by atoms with van der Waals surface area (Å²) in [5.41, 5.74) is 10.4. The van der Waals surface area contributed by atoms with Crippen molar-refractivity contribution in [1.29, 1.82) is 0 Å². The van der Waals surface area contributed by atoms with Gasteiger partial charge in [0.15, 0.2) is 0 Å². The molecule has 0 rings (SSSR count). The predicted octanol–water partition coefficient (Wildman–Crippen LogP) is -4.78. The molecule has 4 amide bonds. The third kappa shape index (κ3) is 9.44. The van der Waals surface area contributed by atoms with Gasteiger partial charge in [-0.25, -0.2) is 0 Å². The van der Waals surface area contributed by atoms with Crippen LogP contribution in [-0.4, -0.2) is 81.7 Å². The fourth-order valence-electron chi connectivity index (χ4n) is 1.90. The van der Waals surface area contributed by atoms with E-state index in [0.29, 0.717) is 0 Å². The fraction of sp³-hybridized carbons (Fsp3) is 0.571. The molecule has 14 heteroatoms. The van der Waals surface area contributed by atoms with Crippen molar-refractivity contribution in [2.24, 2.45) is 11.5 Å². The lowest BCUT2D eigenvalue weighted by atomic mass is 10.1. The van der Waals surface area contributed by atoms with Crippen molar-refractivity contribution < 1.29 is 44.1 Å². The molecule has 0 aliphatic heterocycles. The number of aliphatic hydroxyl groups is 1. The third-order valence-corrected chi connectivity index (χ3v) is 3.25. The van der Waals surface area contributed by atoms with Gasteiger partial charge in [0, 0.05) is 0 Å². The van der Waals surface area contributed by atoms with E-state index in [1.807, 2.05) is 10.6 Å². The van der Waals surface area contributed by atoms with E-state index >= 15 is 0 Å². The van der Waals surface area contributed by atoms with Crippen LogP contribution in [0.5, 0.6) is 0 Å². The molecule has 0 heterocycles. The highest BCUT2D eigenvalue weighted by Gasteiger charge is 2.31. The SMILES string of the molecule is CC(O)C(NC(=O)C(CC(N)=O)NC(=O)C(N)CC(=O)O)C(=O)NCC(=O)O. The highest BCUT2D eigenvalue weighted by Crippen LogP contribution is 2.00. The number of aliphatic hydroxyl groups excluding tert-OH is 1. The van der Waals surface area contributed by atoms with Crippen LogP contribution < -0.4 is 27.4 Å². The number of nitrogens with one attached hydrogen (secondary N) is 3. The van der Waals surface area contributed by atoms with Crippen molar-refractivity contribution >= 4 is 35.6 Å². The fourth-order valence-corrected chi connectivity index (χ4v) is 1.90. The van der Waals surface area contributed by atoms with Gasteiger partial charge in [0.25, 0.3) is 0 Å². The first-order valence-electron chi connectivity index (χ1n) is 7.89. The Bertz CT molecular complexity index is 637. The van der Waals surface area contributed by atoms with Gasteiger partial charge in [-0.05, 0) is 6.92 Å². The van der Waals surface area contributed by atoms with Gasteiger partial charge in [-0.1, -0.05) is 0 Å². The molecule has 0 saturated carbocycles. The van der Waals surface area contributed by atoms with Crippen molar-refractivity contribution in [3.63, 3.8) is 0 Å². The molecular weight excluding hydrogens is 382 g/mol. The van der Waals surface area contributed by atoms with E-state index in [9.17, 15) is 33.9 Å². The molecule has 28 heavy (non-hydrogen) atoms. The van der Waals surface area contributed by atoms with Crippen LogP contribution in [0.3, 0.4) is 0 Å². The summed E-state index contributed by atoms with van der Waals surface area (Å²) < 4.78 is 0. The number of carbonyl (C=O) groups is 6. The number of carboxylic acid groups (broad SMARTS) is 2. The van der Waals surface area contributed by atoms with Crippen LogP contribution in [0.2, 0.25) is 0 Å². The van der Waals surface area contributed by atoms with Crippen LogP contribution in [0.25, 0.3) is 0 Å². The summed E-state index contributed by atoms with van der Waals surface area (Å²) in [5, 5.41) is 32.9. The Labute approximate surface area is 158 Å². The Morgan fingerprint density at radius 2 is 1.46 bits per heavy atom. The summed E-state index contributed by atoms with van der Waals surface area (Å²) in [7, 11) is 0. The minimum atomic E-state index is -1.61. The number of primary amides is 1. The van der Waals surface area contributed by atoms with Crippen molar-refractivity contribution in [2.75, 3.05) is 6.54 Å². The summed E-state index contributed by atoms with van der Waals surface area (Å²) in [6.45, 7) is 0.360. The normalized spacial score (nSPS) is 14.7. The van der Waals surface area contributed by atoms with Gasteiger partial charge < -0.3 is 42.7 Å². The molecule has 0 saturated heterocycles. The Morgan fingerprint density at radius 3 is 1.89 bits per heavy atom. The highest BCUT2D eigenvalue weighted by atomic mass is 16.4. The molecule has 0 aromatic carbocycles. The highest BCUT2D eigenvalue weighted by molar-refractivity contribution is 5.96. The van der Waals surface area contributed by atoms with Gasteiger partial charge in [-0.15, -0.1) is 0 Å². The standard InChI is InChI=1S/C14H23N5O9/c1-5(20)11(14(28)17-4-10(24)25)19-13(27)7(3-8(16)21)18-12(26)6(15)2-9(22)23/h5-7,11,20H,2-4,15H2,1H3,(H2,16,21)(H,17,28)(H,18,26)(H,19,27)(H,22,23)(H,24,25). The zero-order chi connectivity index (χ0) is 22.0. The topological polar surface area (TPSA) is 251 Å². The van der Waals surface area contributed by atoms with Crippen molar-refractivity contribution in [3.05, 3.63) is 0 Å². The molecule has 14 nitrogen and oxygen atoms in total. The minimum absolute atomic E-state index is 0.708. The van der Waals surface area contributed by atoms with E-state index in [-0.39, 0.29) is 0 Å². The van der Waals surface area contributed by atoms with Crippen LogP contribution in [0.1, 0.15) is 19.8 Å². The molecule has 0 bridgehead atoms. The Hall–Kier alpha value is -3.26. The zero-order valence-electron chi connectivity index (χ0n) is 14.9. The van der Waals surface area contributed by atoms with Crippen molar-refractivity contribution in [1.82, 2.24) is 16.0 Å². The quantitative estimate of drug-likeness (QED) is 0.154. The molecule has 10 N–H and O–H groups in total. The van der Waals surface area contributed by atoms with E-state index < -0.39 is 79.2 Å². The second kappa shape index (κ2) is 11.5. The summed E-state index contributed by atoms with van der Waals surface area (Å²) in [4.78, 5) is 68.3. The molecule has 0 fully saturated rings. The predicted molar refractivity (Wildman–Crippen MR) is 90.2 cm³/mol. The summed E-state index contributed by atoms with van der Waals surface area (Å²) in [5.74, 6) is -6.94. The maximum Gasteiger partial charge on any atom is 0.322 e. The smallest absolute Gasteiger partial charge is 0.322 e. The van der Waals surface area contributed by atoms with Gasteiger partial charge in [0.1, 0.15) is 18.6 Å². The zero-order valence-corrected chi connectivity index (χ0v) is 14.9. The average Bonchev–Trinajstić information content (AvgIpc) is 2.55. The lowest BCUT2D eigenvalue weighted by Crippen LogP contribution is -2.59. The number of hydrogen-bond acceptors (Lipinski definition) is 8. The number of hydrogen-bond donors (Lipinski definition) is 8. The summed E-state index contributed by atoms with van der Waals surface area (Å²) in [6.07, 6.45) is -2.91. The molecule has 0 aliphatic carbocycles.